The van der Waals surface area contributed by atoms with Crippen LogP contribution in [-0.4, -0.2) is 25.6 Å². The molecule has 0 unspecified atom stereocenters. The molecule has 0 saturated heterocycles. The second-order valence-corrected chi connectivity index (χ2v) is 8.17. The monoisotopic (exact) mass is 397 g/mol. The van der Waals surface area contributed by atoms with Crippen molar-refractivity contribution in [2.24, 2.45) is 0 Å². The third kappa shape index (κ3) is 3.70. The molecule has 3 aromatic heterocycles. The van der Waals surface area contributed by atoms with Crippen molar-refractivity contribution >= 4 is 11.8 Å². The van der Waals surface area contributed by atoms with Crippen molar-refractivity contribution in [3.8, 4) is 22.7 Å². The molecular formula is C19H19N5O3S. The first kappa shape index (κ1) is 18.4. The predicted molar refractivity (Wildman–Crippen MR) is 103 cm³/mol. The van der Waals surface area contributed by atoms with Crippen LogP contribution in [0.5, 0.6) is 0 Å². The molecule has 0 bridgehead atoms. The van der Waals surface area contributed by atoms with Gasteiger partial charge < -0.3 is 13.4 Å². The largest absolute Gasteiger partial charge is 0.420 e. The summed E-state index contributed by atoms with van der Waals surface area (Å²) in [4.78, 5) is 0. The van der Waals surface area contributed by atoms with Gasteiger partial charge in [0.15, 0.2) is 0 Å². The van der Waals surface area contributed by atoms with Gasteiger partial charge in [-0.1, -0.05) is 68.0 Å². The number of aryl methyl sites for hydroxylation is 1. The summed E-state index contributed by atoms with van der Waals surface area (Å²) in [5.74, 6) is 2.45. The Morgan fingerprint density at radius 2 is 1.75 bits per heavy atom. The van der Waals surface area contributed by atoms with Gasteiger partial charge in [-0.25, -0.2) is 0 Å². The van der Waals surface area contributed by atoms with Crippen molar-refractivity contribution in [1.29, 1.82) is 0 Å². The zero-order valence-corrected chi connectivity index (χ0v) is 16.8. The lowest BCUT2D eigenvalue weighted by Gasteiger charge is -2.10. The Kier molecular flexibility index (Phi) is 4.76. The van der Waals surface area contributed by atoms with Crippen molar-refractivity contribution in [1.82, 2.24) is 25.6 Å². The minimum absolute atomic E-state index is 0.191. The molecule has 0 aliphatic rings. The first-order chi connectivity index (χ1) is 13.4. The molecule has 0 saturated carbocycles. The maximum atomic E-state index is 5.83. The highest BCUT2D eigenvalue weighted by Crippen LogP contribution is 2.34. The number of rotatable bonds is 5. The highest BCUT2D eigenvalue weighted by atomic mass is 32.2. The standard InChI is InChI=1S/C19H19N5O3S/c1-11-14(15(24-27-11)12-8-6-5-7-9-12)16-21-20-13(25-16)10-28-18-23-22-17(26-18)19(2,3)4/h5-9H,10H2,1-4H3. The highest BCUT2D eigenvalue weighted by Gasteiger charge is 2.23. The van der Waals surface area contributed by atoms with E-state index in [0.29, 0.717) is 45.7 Å². The van der Waals surface area contributed by atoms with E-state index < -0.39 is 0 Å². The predicted octanol–water partition coefficient (Wildman–Crippen LogP) is 4.67. The van der Waals surface area contributed by atoms with Crippen LogP contribution in [0.1, 0.15) is 38.3 Å². The summed E-state index contributed by atoms with van der Waals surface area (Å²) in [6, 6.07) is 9.73. The van der Waals surface area contributed by atoms with E-state index in [2.05, 4.69) is 25.6 Å². The molecule has 0 atom stereocenters. The Hall–Kier alpha value is -2.94. The molecule has 28 heavy (non-hydrogen) atoms. The molecule has 0 spiro atoms. The van der Waals surface area contributed by atoms with Crippen molar-refractivity contribution in [2.75, 3.05) is 0 Å². The van der Waals surface area contributed by atoms with Gasteiger partial charge in [-0.05, 0) is 6.92 Å². The molecule has 0 aliphatic heterocycles. The number of benzene rings is 1. The van der Waals surface area contributed by atoms with Crippen LogP contribution in [0.25, 0.3) is 22.7 Å². The van der Waals surface area contributed by atoms with E-state index in [1.54, 1.807) is 0 Å². The van der Waals surface area contributed by atoms with E-state index >= 15 is 0 Å². The molecule has 0 amide bonds. The lowest BCUT2D eigenvalue weighted by Crippen LogP contribution is -2.11. The maximum Gasteiger partial charge on any atom is 0.277 e. The van der Waals surface area contributed by atoms with Crippen LogP contribution >= 0.6 is 11.8 Å². The average molecular weight is 397 g/mol. The molecule has 0 radical (unpaired) electrons. The summed E-state index contributed by atoms with van der Waals surface area (Å²) in [5.41, 5.74) is 2.10. The molecule has 1 aromatic carbocycles. The van der Waals surface area contributed by atoms with Gasteiger partial charge in [0.25, 0.3) is 11.1 Å². The second kappa shape index (κ2) is 7.23. The summed E-state index contributed by atoms with van der Waals surface area (Å²) < 4.78 is 16.9. The number of hydrogen-bond donors (Lipinski definition) is 0. The Bertz CT molecular complexity index is 1080. The van der Waals surface area contributed by atoms with Crippen LogP contribution in [0.3, 0.4) is 0 Å². The summed E-state index contributed by atoms with van der Waals surface area (Å²) in [6.45, 7) is 7.88. The van der Waals surface area contributed by atoms with Gasteiger partial charge in [-0.2, -0.15) is 0 Å². The maximum absolute atomic E-state index is 5.83. The number of hydrogen-bond acceptors (Lipinski definition) is 9. The molecule has 0 N–H and O–H groups in total. The van der Waals surface area contributed by atoms with E-state index in [4.69, 9.17) is 13.4 Å². The van der Waals surface area contributed by atoms with Gasteiger partial charge in [-0.3, -0.25) is 0 Å². The SMILES string of the molecule is Cc1onc(-c2ccccc2)c1-c1nnc(CSc2nnc(C(C)(C)C)o2)o1. The van der Waals surface area contributed by atoms with Gasteiger partial charge in [-0.15, -0.1) is 20.4 Å². The van der Waals surface area contributed by atoms with Crippen LogP contribution in [0.4, 0.5) is 0 Å². The zero-order chi connectivity index (χ0) is 19.7. The Labute approximate surface area is 165 Å². The molecule has 4 aromatic rings. The fourth-order valence-electron chi connectivity index (χ4n) is 2.52. The highest BCUT2D eigenvalue weighted by molar-refractivity contribution is 7.98. The van der Waals surface area contributed by atoms with Gasteiger partial charge >= 0.3 is 0 Å². The van der Waals surface area contributed by atoms with E-state index in [1.807, 2.05) is 58.0 Å². The molecule has 0 aliphatic carbocycles. The van der Waals surface area contributed by atoms with Gasteiger partial charge in [0.2, 0.25) is 11.8 Å². The molecule has 3 heterocycles. The third-order valence-electron chi connectivity index (χ3n) is 3.96. The summed E-state index contributed by atoms with van der Waals surface area (Å²) in [6.07, 6.45) is 0. The Morgan fingerprint density at radius 1 is 0.964 bits per heavy atom. The van der Waals surface area contributed by atoms with Crippen molar-refractivity contribution in [2.45, 2.75) is 44.1 Å². The lowest BCUT2D eigenvalue weighted by atomic mass is 9.97. The van der Waals surface area contributed by atoms with E-state index in [-0.39, 0.29) is 5.41 Å². The summed E-state index contributed by atoms with van der Waals surface area (Å²) >= 11 is 1.35. The van der Waals surface area contributed by atoms with E-state index in [1.165, 1.54) is 11.8 Å². The molecule has 9 heteroatoms. The molecule has 144 valence electrons. The Balaban J connectivity index is 1.53. The Morgan fingerprint density at radius 3 is 2.46 bits per heavy atom. The van der Waals surface area contributed by atoms with Crippen molar-refractivity contribution < 1.29 is 13.4 Å². The fraction of sp³-hybridized carbons (Fsp3) is 0.316. The summed E-state index contributed by atoms with van der Waals surface area (Å²) in [5, 5.41) is 21.0. The number of nitrogens with zero attached hydrogens (tertiary/aromatic N) is 5. The summed E-state index contributed by atoms with van der Waals surface area (Å²) in [7, 11) is 0. The normalized spacial score (nSPS) is 11.9. The quantitative estimate of drug-likeness (QED) is 0.444. The zero-order valence-electron chi connectivity index (χ0n) is 16.0. The van der Waals surface area contributed by atoms with Gasteiger partial charge in [0.05, 0.1) is 5.75 Å². The lowest BCUT2D eigenvalue weighted by molar-refractivity contribution is 0.347. The first-order valence-electron chi connectivity index (χ1n) is 8.73. The number of thioether (sulfide) groups is 1. The minimum Gasteiger partial charge on any atom is -0.420 e. The number of aromatic nitrogens is 5. The van der Waals surface area contributed by atoms with Gasteiger partial charge in [0.1, 0.15) is 17.0 Å². The van der Waals surface area contributed by atoms with Gasteiger partial charge in [0, 0.05) is 11.0 Å². The first-order valence-corrected chi connectivity index (χ1v) is 9.71. The van der Waals surface area contributed by atoms with Crippen molar-refractivity contribution in [3.63, 3.8) is 0 Å². The topological polar surface area (TPSA) is 104 Å². The van der Waals surface area contributed by atoms with Crippen LogP contribution in [-0.2, 0) is 11.2 Å². The fourth-order valence-corrected chi connectivity index (χ4v) is 3.12. The van der Waals surface area contributed by atoms with Crippen LogP contribution in [0.2, 0.25) is 0 Å². The van der Waals surface area contributed by atoms with Crippen LogP contribution in [0.15, 0.2) is 48.9 Å². The molecule has 0 fully saturated rings. The van der Waals surface area contributed by atoms with Crippen LogP contribution < -0.4 is 0 Å². The van der Waals surface area contributed by atoms with E-state index in [9.17, 15) is 0 Å². The second-order valence-electron chi connectivity index (χ2n) is 7.24. The van der Waals surface area contributed by atoms with Crippen LogP contribution in [0, 0.1) is 6.92 Å². The van der Waals surface area contributed by atoms with Crippen molar-refractivity contribution in [3.05, 3.63) is 47.9 Å². The third-order valence-corrected chi connectivity index (χ3v) is 4.76. The molecular weight excluding hydrogens is 378 g/mol. The molecule has 8 nitrogen and oxygen atoms in total. The smallest absolute Gasteiger partial charge is 0.277 e. The molecule has 4 rings (SSSR count). The van der Waals surface area contributed by atoms with E-state index in [0.717, 1.165) is 5.56 Å². The average Bonchev–Trinajstić information content (AvgIpc) is 3.39. The minimum atomic E-state index is -0.191.